The monoisotopic (exact) mass is 364 g/mol. The van der Waals surface area contributed by atoms with Crippen LogP contribution < -0.4 is 15.6 Å². The van der Waals surface area contributed by atoms with Crippen LogP contribution in [0.1, 0.15) is 18.5 Å². The predicted octanol–water partition coefficient (Wildman–Crippen LogP) is 2.75. The molecule has 0 saturated carbocycles. The van der Waals surface area contributed by atoms with Gasteiger partial charge in [-0.05, 0) is 43.6 Å². The van der Waals surface area contributed by atoms with E-state index in [1.54, 1.807) is 18.2 Å². The van der Waals surface area contributed by atoms with Crippen molar-refractivity contribution >= 4 is 23.2 Å². The molecule has 0 aliphatic carbocycles. The molecule has 8 heteroatoms. The average Bonchev–Trinajstić information content (AvgIpc) is 2.59. The summed E-state index contributed by atoms with van der Waals surface area (Å²) >= 11 is 12.0. The molecule has 2 N–H and O–H groups in total. The standard InChI is InChI=1S/C16H14Cl2N4O2/c17-11-2-1-9(7-12(11)18)14-15(13(8-19)21-22-16(14)23)24-10-3-5-20-6-4-10/h1-2,7,10,20H,3-6H2,(H,22,23). The minimum Gasteiger partial charge on any atom is -0.486 e. The molecule has 0 amide bonds. The first-order valence-corrected chi connectivity index (χ1v) is 8.21. The molecule has 1 saturated heterocycles. The van der Waals surface area contributed by atoms with E-state index >= 15 is 0 Å². The molecule has 0 radical (unpaired) electrons. The van der Waals surface area contributed by atoms with Crippen molar-refractivity contribution < 1.29 is 4.74 Å². The van der Waals surface area contributed by atoms with Crippen molar-refractivity contribution in [3.63, 3.8) is 0 Å². The highest BCUT2D eigenvalue weighted by molar-refractivity contribution is 6.42. The van der Waals surface area contributed by atoms with Gasteiger partial charge in [0.2, 0.25) is 5.69 Å². The van der Waals surface area contributed by atoms with Crippen LogP contribution in [0.4, 0.5) is 0 Å². The number of piperidine rings is 1. The molecule has 0 bridgehead atoms. The van der Waals surface area contributed by atoms with Crippen LogP contribution in [0.3, 0.4) is 0 Å². The maximum atomic E-state index is 12.4. The van der Waals surface area contributed by atoms with Crippen molar-refractivity contribution in [1.82, 2.24) is 15.5 Å². The number of hydrogen-bond donors (Lipinski definition) is 2. The first-order valence-electron chi connectivity index (χ1n) is 7.45. The number of nitrogens with one attached hydrogen (secondary N) is 2. The Hall–Kier alpha value is -2.07. The zero-order valence-corrected chi connectivity index (χ0v) is 14.1. The second-order valence-corrected chi connectivity index (χ2v) is 6.23. The Labute approximate surface area is 148 Å². The lowest BCUT2D eigenvalue weighted by atomic mass is 10.0. The van der Waals surface area contributed by atoms with E-state index in [2.05, 4.69) is 15.5 Å². The van der Waals surface area contributed by atoms with E-state index in [4.69, 9.17) is 27.9 Å². The highest BCUT2D eigenvalue weighted by Crippen LogP contribution is 2.33. The van der Waals surface area contributed by atoms with Crippen molar-refractivity contribution in [2.75, 3.05) is 13.1 Å². The highest BCUT2D eigenvalue weighted by atomic mass is 35.5. The number of ether oxygens (including phenoxy) is 1. The third-order valence-electron chi connectivity index (χ3n) is 3.82. The number of nitriles is 1. The van der Waals surface area contributed by atoms with Crippen LogP contribution in [0, 0.1) is 11.3 Å². The van der Waals surface area contributed by atoms with Crippen molar-refractivity contribution in [3.8, 4) is 22.9 Å². The molecule has 1 aromatic carbocycles. The number of aromatic nitrogens is 2. The summed E-state index contributed by atoms with van der Waals surface area (Å²) in [6.07, 6.45) is 1.50. The summed E-state index contributed by atoms with van der Waals surface area (Å²) in [5, 5.41) is 19.4. The van der Waals surface area contributed by atoms with Gasteiger partial charge in [0.05, 0.1) is 15.6 Å². The Morgan fingerprint density at radius 3 is 2.67 bits per heavy atom. The van der Waals surface area contributed by atoms with Crippen LogP contribution in [0.25, 0.3) is 11.1 Å². The Morgan fingerprint density at radius 2 is 2.00 bits per heavy atom. The molecule has 2 aromatic rings. The highest BCUT2D eigenvalue weighted by Gasteiger charge is 2.23. The summed E-state index contributed by atoms with van der Waals surface area (Å²) < 4.78 is 5.99. The summed E-state index contributed by atoms with van der Waals surface area (Å²) in [7, 11) is 0. The normalized spacial score (nSPS) is 15.0. The lowest BCUT2D eigenvalue weighted by Crippen LogP contribution is -2.34. The average molecular weight is 365 g/mol. The number of hydrogen-bond acceptors (Lipinski definition) is 5. The summed E-state index contributed by atoms with van der Waals surface area (Å²) in [6, 6.07) is 6.80. The number of halogens is 2. The third-order valence-corrected chi connectivity index (χ3v) is 4.56. The maximum Gasteiger partial charge on any atom is 0.275 e. The van der Waals surface area contributed by atoms with E-state index in [1.807, 2.05) is 6.07 Å². The molecule has 3 rings (SSSR count). The first kappa shape index (κ1) is 16.8. The largest absolute Gasteiger partial charge is 0.486 e. The predicted molar refractivity (Wildman–Crippen MR) is 91.5 cm³/mol. The zero-order chi connectivity index (χ0) is 17.1. The van der Waals surface area contributed by atoms with Crippen molar-refractivity contribution in [1.29, 1.82) is 5.26 Å². The van der Waals surface area contributed by atoms with Gasteiger partial charge in [-0.25, -0.2) is 5.10 Å². The quantitative estimate of drug-likeness (QED) is 0.873. The lowest BCUT2D eigenvalue weighted by Gasteiger charge is -2.25. The van der Waals surface area contributed by atoms with Gasteiger partial charge in [0.15, 0.2) is 5.75 Å². The third kappa shape index (κ3) is 3.39. The first-order chi connectivity index (χ1) is 11.6. The summed E-state index contributed by atoms with van der Waals surface area (Å²) in [4.78, 5) is 12.4. The molecule has 124 valence electrons. The second-order valence-electron chi connectivity index (χ2n) is 5.41. The van der Waals surface area contributed by atoms with E-state index < -0.39 is 5.56 Å². The van der Waals surface area contributed by atoms with Gasteiger partial charge in [-0.15, -0.1) is 0 Å². The molecule has 0 atom stereocenters. The number of nitrogens with zero attached hydrogens (tertiary/aromatic N) is 2. The smallest absolute Gasteiger partial charge is 0.275 e. The maximum absolute atomic E-state index is 12.4. The topological polar surface area (TPSA) is 90.8 Å². The van der Waals surface area contributed by atoms with Gasteiger partial charge in [-0.3, -0.25) is 4.79 Å². The van der Waals surface area contributed by atoms with Crippen LogP contribution >= 0.6 is 23.2 Å². The molecule has 1 aliphatic heterocycles. The molecule has 1 aliphatic rings. The molecule has 0 unspecified atom stereocenters. The van der Waals surface area contributed by atoms with E-state index in [9.17, 15) is 10.1 Å². The van der Waals surface area contributed by atoms with Crippen LogP contribution in [0.5, 0.6) is 5.75 Å². The fourth-order valence-electron chi connectivity index (χ4n) is 2.62. The van der Waals surface area contributed by atoms with Gasteiger partial charge in [-0.2, -0.15) is 10.4 Å². The van der Waals surface area contributed by atoms with E-state index in [0.717, 1.165) is 25.9 Å². The minimum atomic E-state index is -0.448. The summed E-state index contributed by atoms with van der Waals surface area (Å²) in [5.74, 6) is 0.187. The van der Waals surface area contributed by atoms with E-state index in [0.29, 0.717) is 15.6 Å². The van der Waals surface area contributed by atoms with Crippen LogP contribution in [-0.2, 0) is 0 Å². The van der Waals surface area contributed by atoms with Gasteiger partial charge in [0, 0.05) is 0 Å². The van der Waals surface area contributed by atoms with Crippen molar-refractivity contribution in [2.45, 2.75) is 18.9 Å². The SMILES string of the molecule is N#Cc1n[nH]c(=O)c(-c2ccc(Cl)c(Cl)c2)c1OC1CCNCC1. The zero-order valence-electron chi connectivity index (χ0n) is 12.6. The molecule has 0 spiro atoms. The molecular weight excluding hydrogens is 351 g/mol. The Morgan fingerprint density at radius 1 is 1.25 bits per heavy atom. The van der Waals surface area contributed by atoms with Crippen LogP contribution in [-0.4, -0.2) is 29.4 Å². The minimum absolute atomic E-state index is 0.0363. The second kappa shape index (κ2) is 7.22. The van der Waals surface area contributed by atoms with E-state index in [1.165, 1.54) is 0 Å². The molecule has 24 heavy (non-hydrogen) atoms. The molecule has 1 fully saturated rings. The Bertz CT molecular complexity index is 854. The van der Waals surface area contributed by atoms with Gasteiger partial charge in [0.1, 0.15) is 12.2 Å². The molecular formula is C16H14Cl2N4O2. The van der Waals surface area contributed by atoms with Gasteiger partial charge in [0.25, 0.3) is 5.56 Å². The van der Waals surface area contributed by atoms with Crippen LogP contribution in [0.2, 0.25) is 10.0 Å². The molecule has 2 heterocycles. The fourth-order valence-corrected chi connectivity index (χ4v) is 2.92. The number of rotatable bonds is 3. The van der Waals surface area contributed by atoms with Crippen LogP contribution in [0.15, 0.2) is 23.0 Å². The van der Waals surface area contributed by atoms with Gasteiger partial charge in [-0.1, -0.05) is 29.3 Å². The number of benzene rings is 1. The van der Waals surface area contributed by atoms with E-state index in [-0.39, 0.29) is 23.1 Å². The Kier molecular flexibility index (Phi) is 5.05. The lowest BCUT2D eigenvalue weighted by molar-refractivity contribution is 0.161. The van der Waals surface area contributed by atoms with Crippen molar-refractivity contribution in [2.24, 2.45) is 0 Å². The van der Waals surface area contributed by atoms with Gasteiger partial charge >= 0.3 is 0 Å². The molecule has 6 nitrogen and oxygen atoms in total. The Balaban J connectivity index is 2.11. The fraction of sp³-hybridized carbons (Fsp3) is 0.312. The summed E-state index contributed by atoms with van der Waals surface area (Å²) in [5.41, 5.74) is 0.345. The van der Waals surface area contributed by atoms with Crippen molar-refractivity contribution in [3.05, 3.63) is 44.3 Å². The van der Waals surface area contributed by atoms with Gasteiger partial charge < -0.3 is 10.1 Å². The number of aromatic amines is 1. The summed E-state index contributed by atoms with van der Waals surface area (Å²) in [6.45, 7) is 1.65. The molecule has 1 aromatic heterocycles. The number of H-pyrrole nitrogens is 1.